The molecule has 6 aromatic rings. The zero-order valence-corrected chi connectivity index (χ0v) is 44.4. The fourth-order valence-electron chi connectivity index (χ4n) is 8.31. The van der Waals surface area contributed by atoms with Crippen molar-refractivity contribution in [2.75, 3.05) is 35.6 Å². The van der Waals surface area contributed by atoms with Crippen molar-refractivity contribution in [1.82, 2.24) is 16.0 Å². The van der Waals surface area contributed by atoms with Crippen molar-refractivity contribution < 1.29 is 43.0 Å². The third-order valence-corrected chi connectivity index (χ3v) is 12.8. The second-order valence-electron chi connectivity index (χ2n) is 19.0. The number of hydrogen-bond acceptors (Lipinski definition) is 12. The molecule has 6 rings (SSSR count). The largest absolute Gasteiger partial charge is 0.445 e. The molecule has 0 spiro atoms. The van der Waals surface area contributed by atoms with E-state index in [2.05, 4.69) is 31.9 Å². The first-order valence-electron chi connectivity index (χ1n) is 26.7. The SMILES string of the molecule is N[C@H](CCCCNC(=O)OCc1ccccc1)C(=O)Nc1ccc(C(c2ccc(NC(=O)[C@H](N)CCCCNC(=O)OCc3ccccc3)cc2)c2ccc(NC(=O)[C@H](N)CCCCNC(=O)OCc3ccccc3)cc2)cc1. The lowest BCUT2D eigenvalue weighted by molar-refractivity contribution is -0.118. The van der Waals surface area contributed by atoms with Crippen LogP contribution < -0.4 is 49.1 Å². The van der Waals surface area contributed by atoms with Crippen LogP contribution in [0.15, 0.2) is 164 Å². The van der Waals surface area contributed by atoms with E-state index >= 15 is 0 Å². The third kappa shape index (κ3) is 21.8. The number of benzene rings is 6. The topological polar surface area (TPSA) is 280 Å². The van der Waals surface area contributed by atoms with E-state index in [1.54, 1.807) is 0 Å². The predicted octanol–water partition coefficient (Wildman–Crippen LogP) is 8.95. The Labute approximate surface area is 461 Å². The summed E-state index contributed by atoms with van der Waals surface area (Å²) in [5.41, 5.74) is 25.9. The summed E-state index contributed by atoms with van der Waals surface area (Å²) in [6.07, 6.45) is 3.41. The molecular formula is C61H73N9O9. The molecule has 416 valence electrons. The minimum Gasteiger partial charge on any atom is -0.445 e. The van der Waals surface area contributed by atoms with Crippen molar-refractivity contribution in [1.29, 1.82) is 0 Å². The van der Waals surface area contributed by atoms with Crippen LogP contribution in [0.3, 0.4) is 0 Å². The van der Waals surface area contributed by atoms with Crippen molar-refractivity contribution in [3.05, 3.63) is 197 Å². The molecule has 0 radical (unpaired) electrons. The van der Waals surface area contributed by atoms with Gasteiger partial charge >= 0.3 is 18.3 Å². The quantitative estimate of drug-likeness (QED) is 0.0116. The van der Waals surface area contributed by atoms with Gasteiger partial charge in [0.05, 0.1) is 18.1 Å². The number of rotatable bonds is 30. The number of amides is 6. The van der Waals surface area contributed by atoms with Crippen LogP contribution in [0.2, 0.25) is 0 Å². The Morgan fingerprint density at radius 1 is 0.342 bits per heavy atom. The average molecular weight is 1080 g/mol. The highest BCUT2D eigenvalue weighted by atomic mass is 16.6. The van der Waals surface area contributed by atoms with Crippen molar-refractivity contribution in [3.63, 3.8) is 0 Å². The molecule has 0 unspecified atom stereocenters. The highest BCUT2D eigenvalue weighted by Gasteiger charge is 2.21. The molecule has 0 fully saturated rings. The number of anilines is 3. The van der Waals surface area contributed by atoms with Crippen LogP contribution in [-0.4, -0.2) is 73.8 Å². The van der Waals surface area contributed by atoms with Crippen molar-refractivity contribution in [2.24, 2.45) is 17.2 Å². The fraction of sp³-hybridized carbons (Fsp3) is 0.311. The second-order valence-corrected chi connectivity index (χ2v) is 19.0. The summed E-state index contributed by atoms with van der Waals surface area (Å²) < 4.78 is 15.8. The van der Waals surface area contributed by atoms with Gasteiger partial charge in [-0.25, -0.2) is 14.4 Å². The molecule has 3 atom stereocenters. The molecular weight excluding hydrogens is 1000 g/mol. The molecule has 18 heteroatoms. The first-order valence-corrected chi connectivity index (χ1v) is 26.7. The lowest BCUT2D eigenvalue weighted by Gasteiger charge is -2.21. The van der Waals surface area contributed by atoms with Gasteiger partial charge in [0.15, 0.2) is 0 Å². The smallest absolute Gasteiger partial charge is 0.407 e. The second kappa shape index (κ2) is 32.9. The minimum atomic E-state index is -0.768. The highest BCUT2D eigenvalue weighted by Crippen LogP contribution is 2.34. The fourth-order valence-corrected chi connectivity index (χ4v) is 8.31. The maximum absolute atomic E-state index is 13.1. The summed E-state index contributed by atoms with van der Waals surface area (Å²) in [6, 6.07) is 48.3. The summed E-state index contributed by atoms with van der Waals surface area (Å²) in [7, 11) is 0. The van der Waals surface area contributed by atoms with E-state index in [4.69, 9.17) is 31.4 Å². The summed E-state index contributed by atoms with van der Waals surface area (Å²) in [5, 5.41) is 16.9. The maximum atomic E-state index is 13.1. The van der Waals surface area contributed by atoms with Crippen molar-refractivity contribution in [2.45, 2.75) is 102 Å². The van der Waals surface area contributed by atoms with Gasteiger partial charge in [-0.05, 0) is 128 Å². The Bertz CT molecular complexity index is 2500. The molecule has 79 heavy (non-hydrogen) atoms. The van der Waals surface area contributed by atoms with E-state index in [0.717, 1.165) is 33.4 Å². The highest BCUT2D eigenvalue weighted by molar-refractivity contribution is 5.96. The van der Waals surface area contributed by atoms with Crippen LogP contribution in [0, 0.1) is 0 Å². The van der Waals surface area contributed by atoms with E-state index in [9.17, 15) is 28.8 Å². The predicted molar refractivity (Wildman–Crippen MR) is 306 cm³/mol. The number of carbonyl (C=O) groups is 6. The van der Waals surface area contributed by atoms with Gasteiger partial charge in [0.2, 0.25) is 17.7 Å². The number of nitrogens with one attached hydrogen (secondary N) is 6. The summed E-state index contributed by atoms with van der Waals surface area (Å²) in [5.74, 6) is -1.33. The van der Waals surface area contributed by atoms with Gasteiger partial charge in [-0.15, -0.1) is 0 Å². The summed E-state index contributed by atoms with van der Waals surface area (Å²) >= 11 is 0. The number of ether oxygens (including phenoxy) is 3. The Morgan fingerprint density at radius 2 is 0.595 bits per heavy atom. The van der Waals surface area contributed by atoms with E-state index < -0.39 is 36.4 Å². The molecule has 6 aromatic carbocycles. The van der Waals surface area contributed by atoms with Gasteiger partial charge in [-0.3, -0.25) is 14.4 Å². The average Bonchev–Trinajstić information content (AvgIpc) is 3.47. The standard InChI is InChI=1S/C61H73N9O9/c62-52(22-10-13-37-65-59(74)77-40-43-16-4-1-5-17-43)56(71)68-49-31-25-46(26-32-49)55(47-27-33-50(34-28-47)69-57(72)53(63)23-11-14-38-66-60(75)78-41-44-18-6-2-7-19-44)48-29-35-51(36-30-48)70-58(73)54(64)24-12-15-39-67-61(76)79-42-45-20-8-3-9-21-45/h1-9,16-21,25-36,52-55H,10-15,22-24,37-42,62-64H2,(H,65,74)(H,66,75)(H,67,76)(H,68,71)(H,69,72)(H,70,73)/t52-,53-,54-/m1/s1. The van der Waals surface area contributed by atoms with Crippen LogP contribution in [0.5, 0.6) is 0 Å². The monoisotopic (exact) mass is 1080 g/mol. The number of nitrogens with two attached hydrogens (primary N) is 3. The van der Waals surface area contributed by atoms with Crippen LogP contribution in [-0.2, 0) is 48.4 Å². The number of carbonyl (C=O) groups excluding carboxylic acids is 6. The van der Waals surface area contributed by atoms with Crippen LogP contribution in [0.4, 0.5) is 31.4 Å². The van der Waals surface area contributed by atoms with Gasteiger partial charge in [0.25, 0.3) is 0 Å². The molecule has 0 aromatic heterocycles. The molecule has 6 amide bonds. The van der Waals surface area contributed by atoms with Gasteiger partial charge in [-0.2, -0.15) is 0 Å². The molecule has 0 heterocycles. The Balaban J connectivity index is 0.999. The molecule has 18 nitrogen and oxygen atoms in total. The lowest BCUT2D eigenvalue weighted by Crippen LogP contribution is -2.35. The summed E-state index contributed by atoms with van der Waals surface area (Å²) in [4.78, 5) is 75.7. The van der Waals surface area contributed by atoms with E-state index in [-0.39, 0.29) is 43.5 Å². The molecule has 0 aliphatic rings. The Morgan fingerprint density at radius 3 is 0.848 bits per heavy atom. The summed E-state index contributed by atoms with van der Waals surface area (Å²) in [6.45, 7) is 1.69. The number of alkyl carbamates (subject to hydrolysis) is 3. The normalized spacial score (nSPS) is 12.0. The number of unbranched alkanes of at least 4 members (excludes halogenated alkanes) is 3. The van der Waals surface area contributed by atoms with Crippen LogP contribution in [0.1, 0.15) is 97.1 Å². The van der Waals surface area contributed by atoms with Crippen molar-refractivity contribution >= 4 is 53.1 Å². The molecule has 0 aliphatic heterocycles. The van der Waals surface area contributed by atoms with E-state index in [0.29, 0.717) is 94.5 Å². The van der Waals surface area contributed by atoms with Crippen LogP contribution in [0.25, 0.3) is 0 Å². The third-order valence-electron chi connectivity index (χ3n) is 12.8. The van der Waals surface area contributed by atoms with Gasteiger partial charge in [0.1, 0.15) is 19.8 Å². The molecule has 0 aliphatic carbocycles. The van der Waals surface area contributed by atoms with Gasteiger partial charge in [-0.1, -0.05) is 127 Å². The zero-order valence-electron chi connectivity index (χ0n) is 44.4. The Kier molecular flexibility index (Phi) is 24.8. The molecule has 12 N–H and O–H groups in total. The van der Waals surface area contributed by atoms with E-state index in [1.165, 1.54) is 0 Å². The molecule has 0 saturated heterocycles. The van der Waals surface area contributed by atoms with Crippen LogP contribution >= 0.6 is 0 Å². The number of hydrogen-bond donors (Lipinski definition) is 9. The zero-order chi connectivity index (χ0) is 56.0. The maximum Gasteiger partial charge on any atom is 0.407 e. The Hall–Kier alpha value is -8.58. The molecule has 0 saturated carbocycles. The minimum absolute atomic E-state index is 0.177. The first kappa shape index (κ1) is 59.7. The lowest BCUT2D eigenvalue weighted by atomic mass is 9.85. The van der Waals surface area contributed by atoms with Crippen molar-refractivity contribution in [3.8, 4) is 0 Å². The van der Waals surface area contributed by atoms with E-state index in [1.807, 2.05) is 164 Å². The van der Waals surface area contributed by atoms with Gasteiger partial charge in [0, 0.05) is 42.6 Å². The molecule has 0 bridgehead atoms. The first-order chi connectivity index (χ1) is 38.4. The van der Waals surface area contributed by atoms with Gasteiger partial charge < -0.3 is 63.3 Å².